The van der Waals surface area contributed by atoms with Gasteiger partial charge in [0.1, 0.15) is 10.3 Å². The first-order valence-corrected chi connectivity index (χ1v) is 17.1. The first-order valence-electron chi connectivity index (χ1n) is 13.6. The smallest absolute Gasteiger partial charge is 0.250 e. The van der Waals surface area contributed by atoms with E-state index in [2.05, 4.69) is 9.62 Å². The molecule has 0 aromatic carbocycles. The zero-order valence-electron chi connectivity index (χ0n) is 22.1. The third kappa shape index (κ3) is 6.71. The van der Waals surface area contributed by atoms with Crippen LogP contribution in [0.2, 0.25) is 4.34 Å². The Balaban J connectivity index is 1.18. The Kier molecular flexibility index (Phi) is 9.17. The number of rotatable bonds is 9. The average Bonchev–Trinajstić information content (AvgIpc) is 3.68. The summed E-state index contributed by atoms with van der Waals surface area (Å²) in [5.41, 5.74) is 5.52. The van der Waals surface area contributed by atoms with E-state index in [4.69, 9.17) is 17.3 Å². The Bertz CT molecular complexity index is 1360. The molecule has 2 aromatic heterocycles. The van der Waals surface area contributed by atoms with E-state index in [-0.39, 0.29) is 40.4 Å². The van der Waals surface area contributed by atoms with Crippen LogP contribution in [-0.4, -0.2) is 92.2 Å². The third-order valence-electron chi connectivity index (χ3n) is 7.89. The number of carbonyl (C=O) groups excluding carboxylic acids is 3. The molecule has 3 aliphatic rings. The molecule has 10 nitrogen and oxygen atoms in total. The fourth-order valence-corrected chi connectivity index (χ4v) is 9.54. The van der Waals surface area contributed by atoms with Crippen molar-refractivity contribution in [2.45, 2.75) is 54.8 Å². The number of sulfonamides is 1. The highest BCUT2D eigenvalue weighted by Gasteiger charge is 2.37. The third-order valence-corrected chi connectivity index (χ3v) is 12.4. The molecule has 3 saturated heterocycles. The van der Waals surface area contributed by atoms with Crippen molar-refractivity contribution in [3.8, 4) is 9.75 Å². The van der Waals surface area contributed by atoms with Crippen LogP contribution in [-0.2, 0) is 24.4 Å². The summed E-state index contributed by atoms with van der Waals surface area (Å²) >= 11 is 8.51. The Labute approximate surface area is 247 Å². The summed E-state index contributed by atoms with van der Waals surface area (Å²) < 4.78 is 29.6. The number of nitrogens with two attached hydrogens (primary N) is 1. The van der Waals surface area contributed by atoms with Crippen LogP contribution in [0.1, 0.15) is 38.5 Å². The Morgan fingerprint density at radius 2 is 1.73 bits per heavy atom. The molecule has 3 N–H and O–H groups in total. The summed E-state index contributed by atoms with van der Waals surface area (Å²) in [6.45, 7) is 3.15. The molecule has 0 radical (unpaired) electrons. The van der Waals surface area contributed by atoms with Gasteiger partial charge in [-0.1, -0.05) is 11.6 Å². The van der Waals surface area contributed by atoms with Crippen LogP contribution in [0.15, 0.2) is 28.5 Å². The molecular weight excluding hydrogens is 594 g/mol. The molecule has 40 heavy (non-hydrogen) atoms. The summed E-state index contributed by atoms with van der Waals surface area (Å²) in [5.74, 6) is -0.924. The predicted molar refractivity (Wildman–Crippen MR) is 156 cm³/mol. The standard InChI is InChI=1S/C26H34ClN5O5S3/c27-22-9-7-20(38-22)21-8-10-24(39-21)40(36,37)29-19-6-3-12-31(26(19)35)16-23(33)32-13-2-5-18(32)15-30-11-1-4-17(14-30)25(28)34/h7-10,17-19,29H,1-6,11-16H2,(H2,28,34)/t17?,18-,19-/m0/s1. The summed E-state index contributed by atoms with van der Waals surface area (Å²) in [7, 11) is -3.92. The van der Waals surface area contributed by atoms with Gasteiger partial charge in [-0.25, -0.2) is 8.42 Å². The fourth-order valence-electron chi connectivity index (χ4n) is 5.86. The van der Waals surface area contributed by atoms with Crippen LogP contribution in [0.25, 0.3) is 9.75 Å². The van der Waals surface area contributed by atoms with Gasteiger partial charge >= 0.3 is 0 Å². The van der Waals surface area contributed by atoms with Crippen molar-refractivity contribution < 1.29 is 22.8 Å². The Morgan fingerprint density at radius 1 is 1.00 bits per heavy atom. The normalized spacial score (nSPS) is 24.5. The molecule has 0 aliphatic carbocycles. The van der Waals surface area contributed by atoms with Crippen LogP contribution in [0.3, 0.4) is 0 Å². The van der Waals surface area contributed by atoms with E-state index in [1.807, 2.05) is 11.0 Å². The molecule has 5 heterocycles. The van der Waals surface area contributed by atoms with Crippen molar-refractivity contribution >= 4 is 62.0 Å². The number of likely N-dealkylation sites (tertiary alicyclic amines) is 3. The highest BCUT2D eigenvalue weighted by molar-refractivity contribution is 7.91. The number of halogens is 1. The number of nitrogens with zero attached hydrogens (tertiary/aromatic N) is 3. The molecule has 1 unspecified atom stereocenters. The molecule has 3 atom stereocenters. The lowest BCUT2D eigenvalue weighted by Crippen LogP contribution is -2.55. The number of hydrogen-bond donors (Lipinski definition) is 2. The van der Waals surface area contributed by atoms with E-state index < -0.39 is 16.1 Å². The number of thiophene rings is 2. The molecule has 3 aliphatic heterocycles. The fraction of sp³-hybridized carbons (Fsp3) is 0.577. The summed E-state index contributed by atoms with van der Waals surface area (Å²) in [4.78, 5) is 45.5. The van der Waals surface area contributed by atoms with Gasteiger partial charge in [0.25, 0.3) is 10.0 Å². The summed E-state index contributed by atoms with van der Waals surface area (Å²) in [5, 5.41) is 0. The van der Waals surface area contributed by atoms with Gasteiger partial charge in [0, 0.05) is 42.0 Å². The van der Waals surface area contributed by atoms with Gasteiger partial charge in [-0.2, -0.15) is 4.72 Å². The molecule has 0 bridgehead atoms. The highest BCUT2D eigenvalue weighted by Crippen LogP contribution is 2.37. The molecule has 5 rings (SSSR count). The van der Waals surface area contributed by atoms with Crippen LogP contribution in [0.4, 0.5) is 0 Å². The number of hydrogen-bond acceptors (Lipinski definition) is 8. The SMILES string of the molecule is NC(=O)C1CCCN(C[C@@H]2CCCN2C(=O)CN2CCC[C@H](NS(=O)(=O)c3ccc(-c4ccc(Cl)s4)s3)C2=O)C1. The van der Waals surface area contributed by atoms with Crippen molar-refractivity contribution in [2.24, 2.45) is 11.7 Å². The summed E-state index contributed by atoms with van der Waals surface area (Å²) in [6, 6.07) is 5.99. The van der Waals surface area contributed by atoms with E-state index in [0.717, 1.165) is 53.3 Å². The van der Waals surface area contributed by atoms with Crippen molar-refractivity contribution in [3.63, 3.8) is 0 Å². The van der Waals surface area contributed by atoms with Crippen LogP contribution >= 0.6 is 34.3 Å². The van der Waals surface area contributed by atoms with Crippen LogP contribution in [0.5, 0.6) is 0 Å². The van der Waals surface area contributed by atoms with Crippen LogP contribution in [0, 0.1) is 5.92 Å². The lowest BCUT2D eigenvalue weighted by Gasteiger charge is -2.37. The first kappa shape index (κ1) is 29.5. The zero-order chi connectivity index (χ0) is 28.4. The van der Waals surface area contributed by atoms with E-state index in [1.165, 1.54) is 22.3 Å². The number of piperidine rings is 2. The number of primary amides is 1. The predicted octanol–water partition coefficient (Wildman–Crippen LogP) is 2.59. The van der Waals surface area contributed by atoms with Gasteiger partial charge in [-0.3, -0.25) is 14.4 Å². The second kappa shape index (κ2) is 12.5. The molecule has 3 fully saturated rings. The summed E-state index contributed by atoms with van der Waals surface area (Å²) in [6.07, 6.45) is 4.45. The molecule has 218 valence electrons. The average molecular weight is 628 g/mol. The van der Waals surface area contributed by atoms with Gasteiger partial charge in [0.15, 0.2) is 0 Å². The second-order valence-corrected chi connectivity index (χ2v) is 15.4. The zero-order valence-corrected chi connectivity index (χ0v) is 25.3. The van der Waals surface area contributed by atoms with Gasteiger partial charge in [-0.05, 0) is 69.3 Å². The minimum atomic E-state index is -3.92. The molecule has 0 saturated carbocycles. The largest absolute Gasteiger partial charge is 0.369 e. The van der Waals surface area contributed by atoms with Gasteiger partial charge in [-0.15, -0.1) is 22.7 Å². The lowest BCUT2D eigenvalue weighted by atomic mass is 9.97. The van der Waals surface area contributed by atoms with Crippen LogP contribution < -0.4 is 10.5 Å². The lowest BCUT2D eigenvalue weighted by molar-refractivity contribution is -0.143. The van der Waals surface area contributed by atoms with E-state index in [1.54, 1.807) is 12.1 Å². The van der Waals surface area contributed by atoms with Crippen molar-refractivity contribution in [1.29, 1.82) is 0 Å². The van der Waals surface area contributed by atoms with Crippen molar-refractivity contribution in [1.82, 2.24) is 19.4 Å². The Hall–Kier alpha value is -2.03. The minimum Gasteiger partial charge on any atom is -0.369 e. The molecule has 14 heteroatoms. The minimum absolute atomic E-state index is 0.0274. The van der Waals surface area contributed by atoms with Gasteiger partial charge in [0.2, 0.25) is 17.7 Å². The maximum absolute atomic E-state index is 13.3. The van der Waals surface area contributed by atoms with Gasteiger partial charge < -0.3 is 20.4 Å². The maximum Gasteiger partial charge on any atom is 0.250 e. The molecule has 0 spiro atoms. The molecule has 2 aromatic rings. The van der Waals surface area contributed by atoms with Crippen molar-refractivity contribution in [2.75, 3.05) is 39.3 Å². The Morgan fingerprint density at radius 3 is 2.48 bits per heavy atom. The monoisotopic (exact) mass is 627 g/mol. The topological polar surface area (TPSA) is 133 Å². The molecular formula is C26H34ClN5O5S3. The quantitative estimate of drug-likeness (QED) is 0.439. The van der Waals surface area contributed by atoms with E-state index in [0.29, 0.717) is 43.4 Å². The van der Waals surface area contributed by atoms with E-state index in [9.17, 15) is 22.8 Å². The van der Waals surface area contributed by atoms with Gasteiger partial charge in [0.05, 0.1) is 16.8 Å². The number of amides is 3. The molecule has 3 amide bonds. The first-order chi connectivity index (χ1) is 19.1. The highest BCUT2D eigenvalue weighted by atomic mass is 35.5. The van der Waals surface area contributed by atoms with E-state index >= 15 is 0 Å². The maximum atomic E-state index is 13.3. The van der Waals surface area contributed by atoms with Crippen molar-refractivity contribution in [3.05, 3.63) is 28.6 Å². The second-order valence-electron chi connectivity index (χ2n) is 10.7. The number of carbonyl (C=O) groups is 3. The number of nitrogens with one attached hydrogen (secondary N) is 1.